The molecule has 4 heteroatoms. The third-order valence-electron chi connectivity index (χ3n) is 2.31. The summed E-state index contributed by atoms with van der Waals surface area (Å²) >= 11 is 0. The SMILES string of the molecule is Cc1cc(C#N)cc(NCCCOCC(C)C)n1. The van der Waals surface area contributed by atoms with Gasteiger partial charge in [-0.3, -0.25) is 0 Å². The second kappa shape index (κ2) is 7.67. The van der Waals surface area contributed by atoms with E-state index in [0.29, 0.717) is 11.5 Å². The number of nitrogens with zero attached hydrogens (tertiary/aromatic N) is 2. The van der Waals surface area contributed by atoms with Gasteiger partial charge in [-0.2, -0.15) is 5.26 Å². The molecular weight excluding hydrogens is 226 g/mol. The quantitative estimate of drug-likeness (QED) is 0.753. The van der Waals surface area contributed by atoms with Gasteiger partial charge in [0.15, 0.2) is 0 Å². The molecule has 0 aliphatic heterocycles. The number of aryl methyl sites for hydroxylation is 1. The van der Waals surface area contributed by atoms with Crippen LogP contribution >= 0.6 is 0 Å². The molecule has 0 saturated carbocycles. The summed E-state index contributed by atoms with van der Waals surface area (Å²) in [5.41, 5.74) is 1.49. The lowest BCUT2D eigenvalue weighted by Gasteiger charge is -2.08. The maximum Gasteiger partial charge on any atom is 0.127 e. The number of hydrogen-bond acceptors (Lipinski definition) is 4. The smallest absolute Gasteiger partial charge is 0.127 e. The van der Waals surface area contributed by atoms with Crippen LogP contribution in [0.15, 0.2) is 12.1 Å². The zero-order valence-corrected chi connectivity index (χ0v) is 11.4. The minimum Gasteiger partial charge on any atom is -0.381 e. The summed E-state index contributed by atoms with van der Waals surface area (Å²) in [6, 6.07) is 5.67. The average Bonchev–Trinajstić information content (AvgIpc) is 2.32. The molecule has 0 atom stereocenters. The van der Waals surface area contributed by atoms with Crippen molar-refractivity contribution in [2.45, 2.75) is 27.2 Å². The highest BCUT2D eigenvalue weighted by Gasteiger charge is 1.99. The van der Waals surface area contributed by atoms with Gasteiger partial charge in [0.05, 0.1) is 11.6 Å². The Morgan fingerprint density at radius 2 is 2.22 bits per heavy atom. The molecule has 1 aromatic heterocycles. The molecule has 0 bridgehead atoms. The maximum absolute atomic E-state index is 8.85. The molecule has 18 heavy (non-hydrogen) atoms. The summed E-state index contributed by atoms with van der Waals surface area (Å²) in [5, 5.41) is 12.1. The number of anilines is 1. The first kappa shape index (κ1) is 14.5. The van der Waals surface area contributed by atoms with Crippen molar-refractivity contribution in [3.05, 3.63) is 23.4 Å². The van der Waals surface area contributed by atoms with Gasteiger partial charge in [-0.1, -0.05) is 13.8 Å². The van der Waals surface area contributed by atoms with Gasteiger partial charge in [0.25, 0.3) is 0 Å². The second-order valence-corrected chi connectivity index (χ2v) is 4.74. The number of nitriles is 1. The lowest BCUT2D eigenvalue weighted by Crippen LogP contribution is -2.09. The van der Waals surface area contributed by atoms with Gasteiger partial charge >= 0.3 is 0 Å². The molecule has 0 radical (unpaired) electrons. The van der Waals surface area contributed by atoms with Crippen LogP contribution < -0.4 is 5.32 Å². The molecule has 0 aliphatic rings. The fourth-order valence-electron chi connectivity index (χ4n) is 1.53. The van der Waals surface area contributed by atoms with E-state index in [1.807, 2.05) is 6.92 Å². The third kappa shape index (κ3) is 5.65. The lowest BCUT2D eigenvalue weighted by molar-refractivity contribution is 0.110. The van der Waals surface area contributed by atoms with E-state index in [1.54, 1.807) is 12.1 Å². The highest BCUT2D eigenvalue weighted by Crippen LogP contribution is 2.09. The molecule has 0 saturated heterocycles. The van der Waals surface area contributed by atoms with Crippen LogP contribution in [-0.4, -0.2) is 24.7 Å². The van der Waals surface area contributed by atoms with Gasteiger partial charge in [0, 0.05) is 25.5 Å². The molecular formula is C14H21N3O. The third-order valence-corrected chi connectivity index (χ3v) is 2.31. The molecule has 1 N–H and O–H groups in total. The maximum atomic E-state index is 8.85. The number of hydrogen-bond donors (Lipinski definition) is 1. The Hall–Kier alpha value is -1.60. The normalized spacial score (nSPS) is 10.4. The van der Waals surface area contributed by atoms with Crippen LogP contribution in [0.3, 0.4) is 0 Å². The van der Waals surface area contributed by atoms with Crippen LogP contribution in [0.2, 0.25) is 0 Å². The van der Waals surface area contributed by atoms with Crippen molar-refractivity contribution in [2.24, 2.45) is 5.92 Å². The van der Waals surface area contributed by atoms with Crippen LogP contribution in [-0.2, 0) is 4.74 Å². The summed E-state index contributed by atoms with van der Waals surface area (Å²) in [7, 11) is 0. The van der Waals surface area contributed by atoms with Gasteiger partial charge in [-0.15, -0.1) is 0 Å². The van der Waals surface area contributed by atoms with Crippen LogP contribution in [0.1, 0.15) is 31.5 Å². The molecule has 1 aromatic rings. The Morgan fingerprint density at radius 3 is 2.89 bits per heavy atom. The highest BCUT2D eigenvalue weighted by molar-refractivity contribution is 5.44. The molecule has 1 heterocycles. The summed E-state index contributed by atoms with van der Waals surface area (Å²) in [4.78, 5) is 4.32. The van der Waals surface area contributed by atoms with Crippen molar-refractivity contribution in [1.82, 2.24) is 4.98 Å². The number of aromatic nitrogens is 1. The Labute approximate surface area is 109 Å². The predicted molar refractivity (Wildman–Crippen MR) is 72.5 cm³/mol. The largest absolute Gasteiger partial charge is 0.381 e. The summed E-state index contributed by atoms with van der Waals surface area (Å²) in [6.45, 7) is 8.53. The van der Waals surface area contributed by atoms with Crippen molar-refractivity contribution in [3.63, 3.8) is 0 Å². The Morgan fingerprint density at radius 1 is 1.44 bits per heavy atom. The van der Waals surface area contributed by atoms with Gasteiger partial charge in [-0.25, -0.2) is 4.98 Å². The fraction of sp³-hybridized carbons (Fsp3) is 0.571. The first-order valence-corrected chi connectivity index (χ1v) is 6.32. The van der Waals surface area contributed by atoms with Gasteiger partial charge in [0.2, 0.25) is 0 Å². The predicted octanol–water partition coefficient (Wildman–Crippen LogP) is 2.74. The highest BCUT2D eigenvalue weighted by atomic mass is 16.5. The van der Waals surface area contributed by atoms with Gasteiger partial charge in [0.1, 0.15) is 5.82 Å². The molecule has 0 amide bonds. The molecule has 1 rings (SSSR count). The molecule has 0 unspecified atom stereocenters. The van der Waals surface area contributed by atoms with Gasteiger partial charge < -0.3 is 10.1 Å². The van der Waals surface area contributed by atoms with E-state index in [2.05, 4.69) is 30.2 Å². The Balaban J connectivity index is 2.27. The Bertz CT molecular complexity index is 410. The van der Waals surface area contributed by atoms with E-state index >= 15 is 0 Å². The topological polar surface area (TPSA) is 57.9 Å². The molecule has 0 fully saturated rings. The summed E-state index contributed by atoms with van der Waals surface area (Å²) in [5.74, 6) is 1.34. The molecule has 0 aliphatic carbocycles. The van der Waals surface area contributed by atoms with E-state index in [4.69, 9.17) is 10.00 Å². The minimum atomic E-state index is 0.578. The average molecular weight is 247 g/mol. The van der Waals surface area contributed by atoms with Crippen molar-refractivity contribution < 1.29 is 4.74 Å². The van der Waals surface area contributed by atoms with Crippen molar-refractivity contribution in [1.29, 1.82) is 5.26 Å². The molecule has 4 nitrogen and oxygen atoms in total. The van der Waals surface area contributed by atoms with Crippen molar-refractivity contribution >= 4 is 5.82 Å². The molecule has 98 valence electrons. The standard InChI is InChI=1S/C14H21N3O/c1-11(2)10-18-6-4-5-16-14-8-13(9-15)7-12(3)17-14/h7-8,11H,4-6,10H2,1-3H3,(H,16,17). The first-order chi connectivity index (χ1) is 8.61. The second-order valence-electron chi connectivity index (χ2n) is 4.74. The molecule has 0 spiro atoms. The van der Waals surface area contributed by atoms with E-state index in [1.165, 1.54) is 0 Å². The zero-order chi connectivity index (χ0) is 13.4. The summed E-state index contributed by atoms with van der Waals surface area (Å²) < 4.78 is 5.49. The van der Waals surface area contributed by atoms with Crippen LogP contribution in [0.25, 0.3) is 0 Å². The van der Waals surface area contributed by atoms with Crippen molar-refractivity contribution in [2.75, 3.05) is 25.1 Å². The van der Waals surface area contributed by atoms with E-state index < -0.39 is 0 Å². The number of ether oxygens (including phenoxy) is 1. The molecule has 0 aromatic carbocycles. The summed E-state index contributed by atoms with van der Waals surface area (Å²) in [6.07, 6.45) is 0.935. The number of nitrogens with one attached hydrogen (secondary N) is 1. The first-order valence-electron chi connectivity index (χ1n) is 6.32. The van der Waals surface area contributed by atoms with E-state index in [9.17, 15) is 0 Å². The number of pyridine rings is 1. The van der Waals surface area contributed by atoms with Crippen molar-refractivity contribution in [3.8, 4) is 6.07 Å². The minimum absolute atomic E-state index is 0.578. The monoisotopic (exact) mass is 247 g/mol. The fourth-order valence-corrected chi connectivity index (χ4v) is 1.53. The van der Waals surface area contributed by atoms with E-state index in [0.717, 1.165) is 37.7 Å². The lowest BCUT2D eigenvalue weighted by atomic mass is 10.2. The van der Waals surface area contributed by atoms with Crippen LogP contribution in [0.5, 0.6) is 0 Å². The van der Waals surface area contributed by atoms with Crippen LogP contribution in [0, 0.1) is 24.2 Å². The van der Waals surface area contributed by atoms with E-state index in [-0.39, 0.29) is 0 Å². The van der Waals surface area contributed by atoms with Crippen LogP contribution in [0.4, 0.5) is 5.82 Å². The Kier molecular flexibility index (Phi) is 6.16. The number of rotatable bonds is 7. The van der Waals surface area contributed by atoms with Gasteiger partial charge in [-0.05, 0) is 31.4 Å². The zero-order valence-electron chi connectivity index (χ0n) is 11.4.